The molecule has 12 heteroatoms. The maximum Gasteiger partial charge on any atom is 0.379 e. The predicted molar refractivity (Wildman–Crippen MR) is 80.4 cm³/mol. The molecule has 1 rings (SSSR count). The molecule has 0 radical (unpaired) electrons. The summed E-state index contributed by atoms with van der Waals surface area (Å²) in [6.45, 7) is 5.40. The lowest BCUT2D eigenvalue weighted by atomic mass is 9.99. The van der Waals surface area contributed by atoms with E-state index in [0.29, 0.717) is 0 Å². The van der Waals surface area contributed by atoms with Gasteiger partial charge in [-0.2, -0.15) is 26.3 Å². The molecular formula is C13H18F8O2SSi. The molecule has 0 aromatic heterocycles. The average Bonchev–Trinajstić information content (AvgIpc) is 2.44. The number of hydrogen-bond donors (Lipinski definition) is 0. The second-order valence-corrected chi connectivity index (χ2v) is 12.0. The van der Waals surface area contributed by atoms with Gasteiger partial charge in [0.15, 0.2) is 8.32 Å². The van der Waals surface area contributed by atoms with Crippen LogP contribution < -0.4 is 0 Å². The van der Waals surface area contributed by atoms with Crippen molar-refractivity contribution in [3.63, 3.8) is 0 Å². The number of hydrogen-bond acceptors (Lipinski definition) is 3. The van der Waals surface area contributed by atoms with Crippen LogP contribution in [0.3, 0.4) is 0 Å². The number of rotatable bonds is 7. The molecule has 2 unspecified atom stereocenters. The summed E-state index contributed by atoms with van der Waals surface area (Å²) in [7, 11) is -1.21. The highest BCUT2D eigenvalue weighted by atomic mass is 32.2. The summed E-state index contributed by atoms with van der Waals surface area (Å²) in [6, 6.07) is 0. The van der Waals surface area contributed by atoms with Gasteiger partial charge in [0, 0.05) is 5.75 Å². The number of thioether (sulfide) groups is 1. The van der Waals surface area contributed by atoms with Crippen molar-refractivity contribution < 1.29 is 44.3 Å². The Morgan fingerprint density at radius 3 is 2.04 bits per heavy atom. The molecule has 0 aromatic rings. The first-order chi connectivity index (χ1) is 11.1. The summed E-state index contributed by atoms with van der Waals surface area (Å²) in [5.41, 5.74) is 0. The first kappa shape index (κ1) is 22.5. The van der Waals surface area contributed by atoms with Crippen LogP contribution in [0.5, 0.6) is 0 Å². The van der Waals surface area contributed by atoms with Crippen LogP contribution in [0.1, 0.15) is 0 Å². The lowest BCUT2D eigenvalue weighted by molar-refractivity contribution is -0.337. The summed E-state index contributed by atoms with van der Waals surface area (Å²) in [5.74, 6) is -18.9. The molecule has 2 atom stereocenters. The third-order valence-corrected chi connectivity index (χ3v) is 5.61. The monoisotopic (exact) mass is 418 g/mol. The Bertz CT molecular complexity index is 507. The van der Waals surface area contributed by atoms with E-state index >= 15 is 0 Å². The summed E-state index contributed by atoms with van der Waals surface area (Å²) in [6.07, 6.45) is -4.67. The first-order valence-corrected chi connectivity index (χ1v) is 11.5. The molecule has 0 fully saturated rings. The summed E-state index contributed by atoms with van der Waals surface area (Å²) >= 11 is 0.202. The fourth-order valence-electron chi connectivity index (χ4n) is 2.10. The van der Waals surface area contributed by atoms with Crippen LogP contribution in [0.15, 0.2) is 11.8 Å². The van der Waals surface area contributed by atoms with Crippen LogP contribution in [0.2, 0.25) is 19.6 Å². The van der Waals surface area contributed by atoms with Crippen LogP contribution in [-0.4, -0.2) is 56.7 Å². The van der Waals surface area contributed by atoms with Gasteiger partial charge in [-0.25, -0.2) is 8.78 Å². The normalized spacial score (nSPS) is 23.6. The van der Waals surface area contributed by atoms with Gasteiger partial charge in [0.1, 0.15) is 11.0 Å². The van der Waals surface area contributed by atoms with E-state index in [2.05, 4.69) is 4.74 Å². The topological polar surface area (TPSA) is 18.5 Å². The van der Waals surface area contributed by atoms with Crippen molar-refractivity contribution in [2.75, 3.05) is 12.9 Å². The highest BCUT2D eigenvalue weighted by Gasteiger charge is 2.78. The molecule has 1 aliphatic rings. The third-order valence-electron chi connectivity index (χ3n) is 3.22. The van der Waals surface area contributed by atoms with Crippen molar-refractivity contribution in [3.05, 3.63) is 11.8 Å². The zero-order valence-corrected chi connectivity index (χ0v) is 15.6. The minimum Gasteiger partial charge on any atom is -0.500 e. The number of methoxy groups -OCH3 is 1. The molecule has 0 N–H and O–H groups in total. The number of halogens is 8. The summed E-state index contributed by atoms with van der Waals surface area (Å²) in [4.78, 5) is 0. The number of ether oxygens (including phenoxy) is 1. The lowest BCUT2D eigenvalue weighted by Gasteiger charge is -2.39. The molecular weight excluding hydrogens is 400 g/mol. The minimum absolute atomic E-state index is 0.202. The minimum atomic E-state index is -6.27. The second kappa shape index (κ2) is 7.26. The quantitative estimate of drug-likeness (QED) is 0.427. The molecule has 2 nitrogen and oxygen atoms in total. The Hall–Kier alpha value is -0.493. The maximum atomic E-state index is 14.1. The van der Waals surface area contributed by atoms with Crippen LogP contribution in [0.4, 0.5) is 35.1 Å². The Morgan fingerprint density at radius 1 is 1.12 bits per heavy atom. The van der Waals surface area contributed by atoms with Gasteiger partial charge in [-0.3, -0.25) is 0 Å². The molecule has 0 aromatic carbocycles. The molecule has 0 saturated carbocycles. The van der Waals surface area contributed by atoms with Crippen LogP contribution >= 0.6 is 11.8 Å². The van der Waals surface area contributed by atoms with E-state index in [0.717, 1.165) is 13.2 Å². The van der Waals surface area contributed by atoms with Crippen LogP contribution in [-0.2, 0) is 9.16 Å². The molecule has 0 amide bonds. The van der Waals surface area contributed by atoms with Gasteiger partial charge in [-0.05, 0) is 25.7 Å². The van der Waals surface area contributed by atoms with Crippen molar-refractivity contribution in [1.82, 2.24) is 0 Å². The molecule has 0 saturated heterocycles. The van der Waals surface area contributed by atoms with Crippen LogP contribution in [0, 0.1) is 0 Å². The van der Waals surface area contributed by atoms with Crippen molar-refractivity contribution in [2.24, 2.45) is 0 Å². The fraction of sp³-hybridized carbons (Fsp3) is 0.846. The average molecular weight is 418 g/mol. The Labute approximate surface area is 145 Å². The molecule has 25 heavy (non-hydrogen) atoms. The Kier molecular flexibility index (Phi) is 6.55. The van der Waals surface area contributed by atoms with E-state index in [1.54, 1.807) is 19.6 Å². The zero-order valence-electron chi connectivity index (χ0n) is 13.8. The van der Waals surface area contributed by atoms with Gasteiger partial charge in [0.2, 0.25) is 0 Å². The smallest absolute Gasteiger partial charge is 0.379 e. The maximum absolute atomic E-state index is 14.1. The highest BCUT2D eigenvalue weighted by molar-refractivity contribution is 8.00. The molecule has 0 aliphatic carbocycles. The van der Waals surface area contributed by atoms with E-state index in [9.17, 15) is 35.1 Å². The van der Waals surface area contributed by atoms with Crippen molar-refractivity contribution in [2.45, 2.75) is 55.2 Å². The Morgan fingerprint density at radius 2 is 1.64 bits per heavy atom. The van der Waals surface area contributed by atoms with Gasteiger partial charge in [0.25, 0.3) is 0 Å². The zero-order chi connectivity index (χ0) is 19.8. The van der Waals surface area contributed by atoms with Crippen molar-refractivity contribution in [1.29, 1.82) is 0 Å². The largest absolute Gasteiger partial charge is 0.500 e. The number of alkyl halides is 8. The molecule has 0 bridgehead atoms. The SMILES string of the molecule is COC1=CC(O[Si](C)(C)C)CSC1C(F)(F)C(F)(F)C(F)(F)C(F)F. The Balaban J connectivity index is 3.19. The van der Waals surface area contributed by atoms with Gasteiger partial charge < -0.3 is 9.16 Å². The van der Waals surface area contributed by atoms with Crippen molar-refractivity contribution >= 4 is 20.1 Å². The lowest BCUT2D eigenvalue weighted by Crippen LogP contribution is -2.62. The molecule has 1 heterocycles. The fourth-order valence-corrected chi connectivity index (χ4v) is 4.52. The van der Waals surface area contributed by atoms with Gasteiger partial charge in [-0.1, -0.05) is 0 Å². The van der Waals surface area contributed by atoms with E-state index in [1.165, 1.54) is 0 Å². The standard InChI is InChI=1S/C13H18F8O2SSi/c1-22-8-5-7(23-25(2,3)4)6-24-9(8)11(16,17)13(20,21)12(18,19)10(14)15/h5,7,9-10H,6H2,1-4H3. The van der Waals surface area contributed by atoms with Gasteiger partial charge >= 0.3 is 24.2 Å². The van der Waals surface area contributed by atoms with E-state index in [-0.39, 0.29) is 17.5 Å². The van der Waals surface area contributed by atoms with E-state index in [4.69, 9.17) is 4.43 Å². The molecule has 148 valence electrons. The van der Waals surface area contributed by atoms with Gasteiger partial charge in [-0.15, -0.1) is 11.8 Å². The van der Waals surface area contributed by atoms with E-state index in [1.807, 2.05) is 0 Å². The third kappa shape index (κ3) is 4.44. The molecule has 1 aliphatic heterocycles. The summed E-state index contributed by atoms with van der Waals surface area (Å²) in [5, 5.41) is -2.54. The van der Waals surface area contributed by atoms with Crippen molar-refractivity contribution in [3.8, 4) is 0 Å². The highest BCUT2D eigenvalue weighted by Crippen LogP contribution is 2.54. The molecule has 0 spiro atoms. The summed E-state index contributed by atoms with van der Waals surface area (Å²) < 4.78 is 116. The van der Waals surface area contributed by atoms with Crippen LogP contribution in [0.25, 0.3) is 0 Å². The predicted octanol–water partition coefficient (Wildman–Crippen LogP) is 5.02. The van der Waals surface area contributed by atoms with Gasteiger partial charge in [0.05, 0.1) is 13.2 Å². The first-order valence-electron chi connectivity index (χ1n) is 7.04. The second-order valence-electron chi connectivity index (χ2n) is 6.38. The van der Waals surface area contributed by atoms with E-state index < -0.39 is 49.6 Å².